The molecule has 0 radical (unpaired) electrons. The largest absolute Gasteiger partial charge is 0.454 e. The number of aromatic nitrogens is 1. The highest BCUT2D eigenvalue weighted by molar-refractivity contribution is 6.36. The van der Waals surface area contributed by atoms with Crippen molar-refractivity contribution < 1.29 is 8.83 Å². The Labute approximate surface area is 376 Å². The molecule has 5 nitrogen and oxygen atoms in total. The van der Waals surface area contributed by atoms with Crippen molar-refractivity contribution in [2.24, 2.45) is 0 Å². The highest BCUT2D eigenvalue weighted by atomic mass is 16.3. The van der Waals surface area contributed by atoms with E-state index in [1.807, 2.05) is 0 Å². The SMILES string of the molecule is CC(C)c1ccc(N(c2ccccc2)c2cc3c4ccccc4oc3c3c2c2cccc4c5c(N(c6ccccc6)c6ccc(C(C)C)cc6)cc6c7ccccc7oc6c5n3c24)cc1. The lowest BCUT2D eigenvalue weighted by Crippen LogP contribution is -2.11. The number of hydrogen-bond acceptors (Lipinski definition) is 4. The van der Waals surface area contributed by atoms with E-state index >= 15 is 0 Å². The van der Waals surface area contributed by atoms with Crippen LogP contribution in [0.25, 0.3) is 82.0 Å². The first kappa shape index (κ1) is 37.5. The van der Waals surface area contributed by atoms with Gasteiger partial charge in [0.2, 0.25) is 0 Å². The molecule has 0 saturated heterocycles. The van der Waals surface area contributed by atoms with Crippen LogP contribution in [0.1, 0.15) is 50.7 Å². The van der Waals surface area contributed by atoms with E-state index in [-0.39, 0.29) is 0 Å². The summed E-state index contributed by atoms with van der Waals surface area (Å²) in [7, 11) is 0. The fourth-order valence-corrected chi connectivity index (χ4v) is 10.5. The van der Waals surface area contributed by atoms with E-state index in [1.54, 1.807) is 0 Å². The van der Waals surface area contributed by atoms with Gasteiger partial charge in [0.25, 0.3) is 0 Å². The molecule has 0 aliphatic rings. The molecule has 0 spiro atoms. The summed E-state index contributed by atoms with van der Waals surface area (Å²) in [5.74, 6) is 0.835. The fraction of sp³-hybridized carbons (Fsp3) is 0.100. The molecular weight excluding hydrogens is 795 g/mol. The van der Waals surface area contributed by atoms with Crippen molar-refractivity contribution in [3.8, 4) is 0 Å². The Morgan fingerprint density at radius 2 is 0.723 bits per heavy atom. The van der Waals surface area contributed by atoms with E-state index in [0.717, 1.165) is 116 Å². The zero-order chi connectivity index (χ0) is 43.5. The molecule has 0 N–H and O–H groups in total. The average molecular weight is 840 g/mol. The molecule has 312 valence electrons. The van der Waals surface area contributed by atoms with E-state index in [2.05, 4.69) is 230 Å². The second-order valence-electron chi connectivity index (χ2n) is 18.1. The molecule has 0 aliphatic carbocycles. The number of anilines is 6. The normalized spacial score (nSPS) is 12.3. The molecule has 0 amide bonds. The van der Waals surface area contributed by atoms with Crippen molar-refractivity contribution in [1.82, 2.24) is 4.40 Å². The van der Waals surface area contributed by atoms with Crippen molar-refractivity contribution in [3.63, 3.8) is 0 Å². The van der Waals surface area contributed by atoms with Gasteiger partial charge in [-0.15, -0.1) is 0 Å². The van der Waals surface area contributed by atoms with Crippen LogP contribution in [0.3, 0.4) is 0 Å². The first-order valence-electron chi connectivity index (χ1n) is 22.7. The Kier molecular flexibility index (Phi) is 8.23. The summed E-state index contributed by atoms with van der Waals surface area (Å²) in [5.41, 5.74) is 15.7. The maximum atomic E-state index is 7.10. The molecular formula is C60H45N3O2. The maximum absolute atomic E-state index is 7.10. The van der Waals surface area contributed by atoms with Crippen LogP contribution in [0.5, 0.6) is 0 Å². The van der Waals surface area contributed by atoms with Crippen LogP contribution in [-0.2, 0) is 0 Å². The van der Waals surface area contributed by atoms with Crippen molar-refractivity contribution >= 4 is 116 Å². The molecule has 0 saturated carbocycles. The molecule has 5 heteroatoms. The second-order valence-corrected chi connectivity index (χ2v) is 18.1. The first-order valence-corrected chi connectivity index (χ1v) is 22.7. The second kappa shape index (κ2) is 14.2. The summed E-state index contributed by atoms with van der Waals surface area (Å²) < 4.78 is 16.7. The Hall–Kier alpha value is -8.02. The van der Waals surface area contributed by atoms with Crippen LogP contribution >= 0.6 is 0 Å². The summed E-state index contributed by atoms with van der Waals surface area (Å²) >= 11 is 0. The van der Waals surface area contributed by atoms with Gasteiger partial charge in [-0.2, -0.15) is 0 Å². The van der Waals surface area contributed by atoms with Gasteiger partial charge >= 0.3 is 0 Å². The van der Waals surface area contributed by atoms with Crippen molar-refractivity contribution in [2.75, 3.05) is 9.80 Å². The van der Waals surface area contributed by atoms with Gasteiger partial charge in [-0.05, 0) is 95.8 Å². The third kappa shape index (κ3) is 5.51. The molecule has 0 unspecified atom stereocenters. The van der Waals surface area contributed by atoms with Gasteiger partial charge in [0.1, 0.15) is 22.2 Å². The number of rotatable bonds is 8. The predicted octanol–water partition coefficient (Wildman–Crippen LogP) is 17.8. The average Bonchev–Trinajstić information content (AvgIpc) is 4.10. The smallest absolute Gasteiger partial charge is 0.160 e. The molecule has 4 aromatic heterocycles. The summed E-state index contributed by atoms with van der Waals surface area (Å²) in [4.78, 5) is 4.86. The molecule has 0 atom stereocenters. The van der Waals surface area contributed by atoms with E-state index < -0.39 is 0 Å². The van der Waals surface area contributed by atoms with Crippen LogP contribution in [0.2, 0.25) is 0 Å². The van der Waals surface area contributed by atoms with Crippen LogP contribution in [0, 0.1) is 0 Å². The van der Waals surface area contributed by atoms with Crippen LogP contribution in [-0.4, -0.2) is 4.40 Å². The van der Waals surface area contributed by atoms with Gasteiger partial charge in [0.05, 0.1) is 16.9 Å². The first-order chi connectivity index (χ1) is 31.9. The monoisotopic (exact) mass is 839 g/mol. The maximum Gasteiger partial charge on any atom is 0.160 e. The molecule has 65 heavy (non-hydrogen) atoms. The molecule has 0 aliphatic heterocycles. The molecule has 9 aromatic carbocycles. The van der Waals surface area contributed by atoms with Crippen molar-refractivity contribution in [2.45, 2.75) is 39.5 Å². The highest BCUT2D eigenvalue weighted by Crippen LogP contribution is 2.54. The van der Waals surface area contributed by atoms with E-state index in [0.29, 0.717) is 11.8 Å². The number of furan rings is 2. The summed E-state index contributed by atoms with van der Waals surface area (Å²) in [6.45, 7) is 9.00. The Balaban J connectivity index is 1.24. The van der Waals surface area contributed by atoms with Crippen molar-refractivity contribution in [3.05, 3.63) is 199 Å². The predicted molar refractivity (Wildman–Crippen MR) is 273 cm³/mol. The van der Waals surface area contributed by atoms with Crippen LogP contribution < -0.4 is 9.80 Å². The van der Waals surface area contributed by atoms with Crippen LogP contribution in [0.4, 0.5) is 34.1 Å². The topological polar surface area (TPSA) is 37.2 Å². The van der Waals surface area contributed by atoms with Gasteiger partial charge in [0, 0.05) is 65.8 Å². The number of nitrogens with zero attached hydrogens (tertiary/aromatic N) is 3. The third-order valence-corrected chi connectivity index (χ3v) is 13.6. The molecule has 13 rings (SSSR count). The fourth-order valence-electron chi connectivity index (χ4n) is 10.5. The lowest BCUT2D eigenvalue weighted by molar-refractivity contribution is 0.670. The van der Waals surface area contributed by atoms with E-state index in [1.165, 1.54) is 11.1 Å². The highest BCUT2D eigenvalue weighted by Gasteiger charge is 2.31. The Morgan fingerprint density at radius 3 is 1.14 bits per heavy atom. The summed E-state index contributed by atoms with van der Waals surface area (Å²) in [6, 6.07) is 68.1. The minimum absolute atomic E-state index is 0.418. The minimum Gasteiger partial charge on any atom is -0.454 e. The number of fused-ring (bicyclic) bond motifs is 14. The van der Waals surface area contributed by atoms with E-state index in [9.17, 15) is 0 Å². The Bertz CT molecular complexity index is 3680. The van der Waals surface area contributed by atoms with Gasteiger partial charge in [-0.3, -0.25) is 0 Å². The third-order valence-electron chi connectivity index (χ3n) is 13.6. The standard InChI is InChI=1S/C60H45N3O2/c1-36(2)38-26-30-42(31-27-38)61(40-16-7-5-8-17-40)50-34-48-44-20-11-13-24-52(44)64-59(48)57-54(50)46-22-15-23-47-55-51(62(41-18-9-6-10-19-41)43-32-28-39(29-33-43)37(3)4)35-49-45-21-12-14-25-53(45)65-60(49)58(55)63(57)56(46)47/h5-37H,1-4H3. The lowest BCUT2D eigenvalue weighted by Gasteiger charge is -2.27. The van der Waals surface area contributed by atoms with Crippen LogP contribution in [0.15, 0.2) is 197 Å². The van der Waals surface area contributed by atoms with Gasteiger partial charge in [0.15, 0.2) is 11.2 Å². The quantitative estimate of drug-likeness (QED) is 0.153. The molecule has 0 bridgehead atoms. The zero-order valence-corrected chi connectivity index (χ0v) is 36.7. The molecule has 13 aromatic rings. The molecule has 4 heterocycles. The van der Waals surface area contributed by atoms with Crippen molar-refractivity contribution in [1.29, 1.82) is 0 Å². The lowest BCUT2D eigenvalue weighted by atomic mass is 9.99. The molecule has 0 fully saturated rings. The number of para-hydroxylation sites is 5. The summed E-state index contributed by atoms with van der Waals surface area (Å²) in [6.07, 6.45) is 0. The Morgan fingerprint density at radius 1 is 0.354 bits per heavy atom. The van der Waals surface area contributed by atoms with Gasteiger partial charge < -0.3 is 23.0 Å². The van der Waals surface area contributed by atoms with Gasteiger partial charge in [-0.25, -0.2) is 0 Å². The number of hydrogen-bond donors (Lipinski definition) is 0. The van der Waals surface area contributed by atoms with Gasteiger partial charge in [-0.1, -0.05) is 143 Å². The minimum atomic E-state index is 0.418. The van der Waals surface area contributed by atoms with E-state index in [4.69, 9.17) is 8.83 Å². The zero-order valence-electron chi connectivity index (χ0n) is 36.7. The number of benzene rings is 9. The summed E-state index contributed by atoms with van der Waals surface area (Å²) in [5, 5.41) is 8.81.